The predicted molar refractivity (Wildman–Crippen MR) is 83.9 cm³/mol. The summed E-state index contributed by atoms with van der Waals surface area (Å²) in [5.74, 6) is 0.341. The first-order valence-electron chi connectivity index (χ1n) is 5.22. The Morgan fingerprint density at radius 2 is 2.16 bits per heavy atom. The first kappa shape index (κ1) is 12.8. The van der Waals surface area contributed by atoms with E-state index >= 15 is 0 Å². The minimum absolute atomic E-state index is 0.00324. The average Bonchev–Trinajstić information content (AvgIpc) is 3.06. The van der Waals surface area contributed by atoms with Gasteiger partial charge in [-0.1, -0.05) is 0 Å². The third kappa shape index (κ3) is 2.00. The van der Waals surface area contributed by atoms with Crippen LogP contribution in [0.3, 0.4) is 0 Å². The van der Waals surface area contributed by atoms with Gasteiger partial charge in [0.2, 0.25) is 0 Å². The fourth-order valence-electron chi connectivity index (χ4n) is 1.78. The number of ether oxygens (including phenoxy) is 1. The van der Waals surface area contributed by atoms with Gasteiger partial charge in [-0.2, -0.15) is 0 Å². The van der Waals surface area contributed by atoms with Gasteiger partial charge in [0.15, 0.2) is 0 Å². The molecule has 0 saturated carbocycles. The first-order valence-corrected chi connectivity index (χ1v) is 7.62. The van der Waals surface area contributed by atoms with E-state index < -0.39 is 0 Å². The standard InChI is InChI=1S/C11H6BBrN2O2S2/c12-4-17-11-6(5-2-1-3-18-5)8-9(15-19-14-8)7(13)10(11)16/h1-4,12,16H. The Labute approximate surface area is 126 Å². The molecule has 0 amide bonds. The van der Waals surface area contributed by atoms with Crippen LogP contribution < -0.4 is 4.74 Å². The number of rotatable bonds is 3. The van der Waals surface area contributed by atoms with Crippen LogP contribution in [-0.2, 0) is 0 Å². The molecule has 0 radical (unpaired) electrons. The summed E-state index contributed by atoms with van der Waals surface area (Å²) in [6.45, 7) is 0. The number of hydrogen-bond donors (Lipinski definition) is 1. The van der Waals surface area contributed by atoms with Crippen molar-refractivity contribution in [3.63, 3.8) is 0 Å². The van der Waals surface area contributed by atoms with Crippen LogP contribution in [0.25, 0.3) is 21.5 Å². The van der Waals surface area contributed by atoms with Crippen LogP contribution in [0.15, 0.2) is 22.0 Å². The molecule has 8 heteroatoms. The molecule has 3 rings (SSSR count). The molecule has 94 valence electrons. The van der Waals surface area contributed by atoms with Gasteiger partial charge in [-0.25, -0.2) is 0 Å². The van der Waals surface area contributed by atoms with Crippen LogP contribution in [0, 0.1) is 0 Å². The molecular formula is C11H6BBrN2O2S2. The van der Waals surface area contributed by atoms with Crippen molar-refractivity contribution in [1.82, 2.24) is 8.75 Å². The summed E-state index contributed by atoms with van der Waals surface area (Å²) in [5.41, 5.74) is 2.07. The van der Waals surface area contributed by atoms with E-state index in [0.29, 0.717) is 21.3 Å². The molecule has 0 saturated heterocycles. The maximum atomic E-state index is 10.2. The van der Waals surface area contributed by atoms with Crippen molar-refractivity contribution in [2.45, 2.75) is 0 Å². The van der Waals surface area contributed by atoms with Crippen LogP contribution >= 0.6 is 39.0 Å². The topological polar surface area (TPSA) is 55.2 Å². The molecule has 1 aromatic carbocycles. The summed E-state index contributed by atoms with van der Waals surface area (Å²) in [6.07, 6.45) is 1.28. The van der Waals surface area contributed by atoms with Gasteiger partial charge in [0.1, 0.15) is 0 Å². The molecule has 0 aliphatic rings. The summed E-state index contributed by atoms with van der Waals surface area (Å²) in [5, 5.41) is 12.2. The third-order valence-corrected chi connectivity index (χ3v) is 4.72. The molecule has 0 fully saturated rings. The number of thiophene rings is 1. The second kappa shape index (κ2) is 5.03. The Bertz CT molecular complexity index is 758. The number of fused-ring (bicyclic) bond motifs is 1. The van der Waals surface area contributed by atoms with Crippen molar-refractivity contribution in [3.05, 3.63) is 22.0 Å². The van der Waals surface area contributed by atoms with Crippen LogP contribution in [-0.4, -0.2) is 27.5 Å². The number of benzene rings is 1. The molecule has 0 aliphatic heterocycles. The first-order chi connectivity index (χ1) is 9.24. The zero-order chi connectivity index (χ0) is 13.4. The Morgan fingerprint density at radius 1 is 1.37 bits per heavy atom. The molecule has 2 aromatic heterocycles. The molecular weight excluding hydrogens is 347 g/mol. The van der Waals surface area contributed by atoms with Crippen LogP contribution in [0.5, 0.6) is 11.5 Å². The van der Waals surface area contributed by atoms with Gasteiger partial charge >= 0.3 is 126 Å². The zero-order valence-corrected chi connectivity index (χ0v) is 12.7. The molecule has 1 N–H and O–H groups in total. The molecule has 3 aromatic rings. The van der Waals surface area contributed by atoms with E-state index in [1.165, 1.54) is 6.15 Å². The molecule has 4 nitrogen and oxygen atoms in total. The summed E-state index contributed by atoms with van der Waals surface area (Å²) in [7, 11) is 3.54. The summed E-state index contributed by atoms with van der Waals surface area (Å²) in [4.78, 5) is 0.956. The van der Waals surface area contributed by atoms with Crippen molar-refractivity contribution in [3.8, 4) is 21.9 Å². The van der Waals surface area contributed by atoms with E-state index in [2.05, 4.69) is 32.2 Å². The van der Waals surface area contributed by atoms with Gasteiger partial charge in [0, 0.05) is 0 Å². The summed E-state index contributed by atoms with van der Waals surface area (Å²) >= 11 is 5.96. The number of nitrogens with zero attached hydrogens (tertiary/aromatic N) is 2. The fraction of sp³-hybridized carbons (Fsp3) is 0. The number of aromatic hydroxyl groups is 1. The van der Waals surface area contributed by atoms with Crippen LogP contribution in [0.1, 0.15) is 0 Å². The predicted octanol–water partition coefficient (Wildman–Crippen LogP) is 2.93. The molecule has 0 aliphatic carbocycles. The Kier molecular flexibility index (Phi) is 3.38. The number of hydrogen-bond acceptors (Lipinski definition) is 6. The second-order valence-electron chi connectivity index (χ2n) is 3.59. The minimum atomic E-state index is 0.00324. The Morgan fingerprint density at radius 3 is 2.84 bits per heavy atom. The van der Waals surface area contributed by atoms with Crippen molar-refractivity contribution in [2.75, 3.05) is 0 Å². The van der Waals surface area contributed by atoms with Crippen molar-refractivity contribution >= 4 is 63.7 Å². The molecule has 0 bridgehead atoms. The van der Waals surface area contributed by atoms with Gasteiger partial charge in [-0.3, -0.25) is 0 Å². The third-order valence-electron chi connectivity index (χ3n) is 2.55. The van der Waals surface area contributed by atoms with Gasteiger partial charge < -0.3 is 0 Å². The van der Waals surface area contributed by atoms with Gasteiger partial charge in [0.25, 0.3) is 0 Å². The summed E-state index contributed by atoms with van der Waals surface area (Å²) < 4.78 is 14.4. The molecule has 0 spiro atoms. The van der Waals surface area contributed by atoms with Crippen molar-refractivity contribution in [1.29, 1.82) is 0 Å². The number of phenolic OH excluding ortho intramolecular Hbond substituents is 1. The summed E-state index contributed by atoms with van der Waals surface area (Å²) in [6, 6.07) is 3.88. The molecule has 19 heavy (non-hydrogen) atoms. The quantitative estimate of drug-likeness (QED) is 0.736. The van der Waals surface area contributed by atoms with Gasteiger partial charge in [-0.15, -0.1) is 0 Å². The van der Waals surface area contributed by atoms with E-state index in [-0.39, 0.29) is 5.75 Å². The van der Waals surface area contributed by atoms with Crippen LogP contribution in [0.4, 0.5) is 0 Å². The maximum absolute atomic E-state index is 10.2. The van der Waals surface area contributed by atoms with Gasteiger partial charge in [0.05, 0.1) is 0 Å². The second-order valence-corrected chi connectivity index (χ2v) is 5.86. The number of aromatic nitrogens is 2. The van der Waals surface area contributed by atoms with E-state index in [1.807, 2.05) is 17.5 Å². The van der Waals surface area contributed by atoms with Gasteiger partial charge in [-0.05, 0) is 0 Å². The van der Waals surface area contributed by atoms with E-state index in [9.17, 15) is 5.11 Å². The Hall–Kier alpha value is -1.25. The SMILES string of the molecule is B=COc1c(O)c(Br)c2nsnc2c1-c1cccs1. The van der Waals surface area contributed by atoms with Crippen molar-refractivity contribution in [2.24, 2.45) is 0 Å². The molecule has 0 unspecified atom stereocenters. The number of halogens is 1. The average molecular weight is 353 g/mol. The number of phenols is 1. The Balaban J connectivity index is 2.45. The van der Waals surface area contributed by atoms with Crippen molar-refractivity contribution < 1.29 is 9.84 Å². The normalized spacial score (nSPS) is 10.7. The zero-order valence-electron chi connectivity index (χ0n) is 9.46. The molecule has 0 atom stereocenters. The fourth-order valence-corrected chi connectivity index (χ4v) is 3.68. The molecule has 2 heterocycles. The van der Waals surface area contributed by atoms with E-state index in [0.717, 1.165) is 22.2 Å². The van der Waals surface area contributed by atoms with Crippen LogP contribution in [0.2, 0.25) is 0 Å². The van der Waals surface area contributed by atoms with E-state index in [1.54, 1.807) is 11.3 Å². The van der Waals surface area contributed by atoms with E-state index in [4.69, 9.17) is 4.74 Å². The monoisotopic (exact) mass is 352 g/mol.